The van der Waals surface area contributed by atoms with E-state index in [9.17, 15) is 14.0 Å². The molecule has 2 aromatic rings. The Bertz CT molecular complexity index is 1110. The molecule has 164 valence electrons. The summed E-state index contributed by atoms with van der Waals surface area (Å²) in [5, 5.41) is 0. The highest BCUT2D eigenvalue weighted by Crippen LogP contribution is 2.38. The lowest BCUT2D eigenvalue weighted by Crippen LogP contribution is -2.39. The normalized spacial score (nSPS) is 13.3. The van der Waals surface area contributed by atoms with E-state index in [2.05, 4.69) is 11.8 Å². The average Bonchev–Trinajstić information content (AvgIpc) is 2.82. The molecular weight excluding hydrogens is 413 g/mol. The number of carbonyl (C=O) groups excluding carboxylic acids is 2. The van der Waals surface area contributed by atoms with Crippen LogP contribution in [0.5, 0.6) is 17.2 Å². The van der Waals surface area contributed by atoms with Gasteiger partial charge in [-0.3, -0.25) is 14.5 Å². The number of amides is 2. The summed E-state index contributed by atoms with van der Waals surface area (Å²) in [5.41, 5.74) is 1.45. The van der Waals surface area contributed by atoms with E-state index in [0.29, 0.717) is 34.8 Å². The zero-order valence-corrected chi connectivity index (χ0v) is 18.0. The van der Waals surface area contributed by atoms with Gasteiger partial charge in [-0.2, -0.15) is 0 Å². The second kappa shape index (κ2) is 10.3. The number of benzene rings is 2. The van der Waals surface area contributed by atoms with E-state index < -0.39 is 11.8 Å². The highest BCUT2D eigenvalue weighted by molar-refractivity contribution is 6.11. The summed E-state index contributed by atoms with van der Waals surface area (Å²) < 4.78 is 28.9. The van der Waals surface area contributed by atoms with E-state index in [4.69, 9.17) is 14.2 Å². The van der Waals surface area contributed by atoms with Crippen molar-refractivity contribution in [2.45, 2.75) is 6.42 Å². The lowest BCUT2D eigenvalue weighted by molar-refractivity contribution is -0.139. The van der Waals surface area contributed by atoms with Crippen LogP contribution in [0.3, 0.4) is 0 Å². The minimum absolute atomic E-state index is 0.232. The van der Waals surface area contributed by atoms with Crippen LogP contribution in [0.25, 0.3) is 6.08 Å². The van der Waals surface area contributed by atoms with Crippen LogP contribution in [-0.4, -0.2) is 44.6 Å². The predicted molar refractivity (Wildman–Crippen MR) is 118 cm³/mol. The van der Waals surface area contributed by atoms with Crippen molar-refractivity contribution in [1.82, 2.24) is 4.90 Å². The molecule has 1 heterocycles. The summed E-state index contributed by atoms with van der Waals surface area (Å²) in [7, 11) is 4.51. The molecule has 0 atom stereocenters. The van der Waals surface area contributed by atoms with Gasteiger partial charge in [-0.15, -0.1) is 0 Å². The van der Waals surface area contributed by atoms with Crippen molar-refractivity contribution in [2.24, 2.45) is 0 Å². The van der Waals surface area contributed by atoms with Crippen LogP contribution in [0.15, 0.2) is 54.1 Å². The van der Waals surface area contributed by atoms with Gasteiger partial charge in [0.25, 0.3) is 11.8 Å². The van der Waals surface area contributed by atoms with Gasteiger partial charge < -0.3 is 14.2 Å². The summed E-state index contributed by atoms with van der Waals surface area (Å²) in [5.74, 6) is 5.67. The summed E-state index contributed by atoms with van der Waals surface area (Å²) in [6.07, 6.45) is 5.09. The van der Waals surface area contributed by atoms with Crippen LogP contribution in [0.1, 0.15) is 17.5 Å². The quantitative estimate of drug-likeness (QED) is 0.530. The monoisotopic (exact) mass is 435 g/mol. The minimum Gasteiger partial charge on any atom is -0.493 e. The average molecular weight is 435 g/mol. The molecular formula is C25H22FNO5. The van der Waals surface area contributed by atoms with E-state index in [1.165, 1.54) is 51.7 Å². The first-order chi connectivity index (χ1) is 15.5. The van der Waals surface area contributed by atoms with Crippen LogP contribution in [0, 0.1) is 17.7 Å². The molecule has 0 radical (unpaired) electrons. The lowest BCUT2D eigenvalue weighted by atomic mass is 10.1. The van der Waals surface area contributed by atoms with Gasteiger partial charge in [0.2, 0.25) is 5.75 Å². The third kappa shape index (κ3) is 5.16. The van der Waals surface area contributed by atoms with Gasteiger partial charge in [0.05, 0.1) is 26.9 Å². The Morgan fingerprint density at radius 3 is 2.28 bits per heavy atom. The molecule has 1 aliphatic rings. The highest BCUT2D eigenvalue weighted by atomic mass is 19.1. The molecule has 0 aliphatic carbocycles. The molecule has 32 heavy (non-hydrogen) atoms. The molecule has 7 heteroatoms. The molecule has 0 saturated heterocycles. The number of hydrogen-bond acceptors (Lipinski definition) is 5. The highest BCUT2D eigenvalue weighted by Gasteiger charge is 2.25. The van der Waals surface area contributed by atoms with E-state index in [-0.39, 0.29) is 17.9 Å². The Labute approximate surface area is 185 Å². The molecule has 6 nitrogen and oxygen atoms in total. The Morgan fingerprint density at radius 1 is 1.03 bits per heavy atom. The van der Waals surface area contributed by atoms with Crippen LogP contribution < -0.4 is 14.2 Å². The van der Waals surface area contributed by atoms with Gasteiger partial charge in [-0.05, 0) is 54.5 Å². The Hall–Kier alpha value is -4.05. The van der Waals surface area contributed by atoms with E-state index >= 15 is 0 Å². The van der Waals surface area contributed by atoms with E-state index in [1.54, 1.807) is 24.3 Å². The number of nitrogens with zero attached hydrogens (tertiary/aromatic N) is 1. The smallest absolute Gasteiger partial charge is 0.268 e. The third-order valence-corrected chi connectivity index (χ3v) is 4.73. The van der Waals surface area contributed by atoms with E-state index in [0.717, 1.165) is 4.90 Å². The van der Waals surface area contributed by atoms with Crippen molar-refractivity contribution in [1.29, 1.82) is 0 Å². The third-order valence-electron chi connectivity index (χ3n) is 4.73. The maximum absolute atomic E-state index is 13.0. The second-order valence-corrected chi connectivity index (χ2v) is 6.75. The minimum atomic E-state index is -0.467. The summed E-state index contributed by atoms with van der Waals surface area (Å²) in [4.78, 5) is 26.5. The van der Waals surface area contributed by atoms with Gasteiger partial charge in [-0.1, -0.05) is 17.9 Å². The first-order valence-corrected chi connectivity index (χ1v) is 9.78. The molecule has 2 amide bonds. The fraction of sp³-hybridized carbons (Fsp3) is 0.200. The van der Waals surface area contributed by atoms with Crippen LogP contribution in [0.4, 0.5) is 4.39 Å². The first kappa shape index (κ1) is 22.6. The molecule has 2 aromatic carbocycles. The number of carbonyl (C=O) groups is 2. The molecule has 0 unspecified atom stereocenters. The standard InChI is InChI=1S/C25H22FNO5/c1-30-21-15-18(16-22(31-2)24(21)32-3)9-13-23(28)27-14-4-5-19(25(27)29)10-6-17-7-11-20(26)12-8-17/h5,7-9,11-13,15-16H,4,14H2,1-3H3. The van der Waals surface area contributed by atoms with Gasteiger partial charge in [0.1, 0.15) is 5.82 Å². The van der Waals surface area contributed by atoms with E-state index in [1.807, 2.05) is 0 Å². The van der Waals surface area contributed by atoms with Gasteiger partial charge in [0.15, 0.2) is 11.5 Å². The number of halogens is 1. The van der Waals surface area contributed by atoms with Crippen molar-refractivity contribution < 1.29 is 28.2 Å². The van der Waals surface area contributed by atoms with Gasteiger partial charge in [-0.25, -0.2) is 4.39 Å². The first-order valence-electron chi connectivity index (χ1n) is 9.78. The number of imide groups is 1. The van der Waals surface area contributed by atoms with Crippen molar-refractivity contribution in [3.8, 4) is 29.1 Å². The summed E-state index contributed by atoms with van der Waals surface area (Å²) in [6, 6.07) is 9.04. The number of rotatable bonds is 5. The SMILES string of the molecule is COc1cc(C=CC(=O)N2CCC=C(C#Cc3ccc(F)cc3)C2=O)cc(OC)c1OC. The number of ether oxygens (including phenoxy) is 3. The van der Waals surface area contributed by atoms with Gasteiger partial charge >= 0.3 is 0 Å². The maximum Gasteiger partial charge on any atom is 0.268 e. The van der Waals surface area contributed by atoms with Crippen molar-refractivity contribution in [2.75, 3.05) is 27.9 Å². The summed E-state index contributed by atoms with van der Waals surface area (Å²) >= 11 is 0. The summed E-state index contributed by atoms with van der Waals surface area (Å²) in [6.45, 7) is 0.263. The number of hydrogen-bond donors (Lipinski definition) is 0. The molecule has 0 N–H and O–H groups in total. The van der Waals surface area contributed by atoms with Crippen LogP contribution >= 0.6 is 0 Å². The lowest BCUT2D eigenvalue weighted by Gasteiger charge is -2.22. The fourth-order valence-corrected chi connectivity index (χ4v) is 3.11. The maximum atomic E-state index is 13.0. The predicted octanol–water partition coefficient (Wildman–Crippen LogP) is 3.60. The second-order valence-electron chi connectivity index (χ2n) is 6.75. The van der Waals surface area contributed by atoms with Crippen molar-refractivity contribution >= 4 is 17.9 Å². The Balaban J connectivity index is 1.76. The van der Waals surface area contributed by atoms with Gasteiger partial charge in [0, 0.05) is 18.2 Å². The molecule has 3 rings (SSSR count). The van der Waals surface area contributed by atoms with Crippen molar-refractivity contribution in [3.63, 3.8) is 0 Å². The molecule has 0 spiro atoms. The molecule has 1 aliphatic heterocycles. The largest absolute Gasteiger partial charge is 0.493 e. The Kier molecular flexibility index (Phi) is 7.29. The zero-order chi connectivity index (χ0) is 23.1. The molecule has 0 bridgehead atoms. The zero-order valence-electron chi connectivity index (χ0n) is 18.0. The molecule has 0 fully saturated rings. The molecule has 0 aromatic heterocycles. The number of methoxy groups -OCH3 is 3. The van der Waals surface area contributed by atoms with Crippen molar-refractivity contribution in [3.05, 3.63) is 71.1 Å². The Morgan fingerprint density at radius 2 is 1.69 bits per heavy atom. The fourth-order valence-electron chi connectivity index (χ4n) is 3.11. The van der Waals surface area contributed by atoms with Crippen LogP contribution in [-0.2, 0) is 9.59 Å². The molecule has 0 saturated carbocycles. The topological polar surface area (TPSA) is 65.1 Å². The van der Waals surface area contributed by atoms with Crippen LogP contribution in [0.2, 0.25) is 0 Å².